The van der Waals surface area contributed by atoms with Gasteiger partial charge in [-0.2, -0.15) is 4.98 Å². The summed E-state index contributed by atoms with van der Waals surface area (Å²) in [6.07, 6.45) is -0.0835. The van der Waals surface area contributed by atoms with Gasteiger partial charge in [0.25, 0.3) is 0 Å². The average molecular weight is 399 g/mol. The van der Waals surface area contributed by atoms with E-state index >= 15 is 0 Å². The summed E-state index contributed by atoms with van der Waals surface area (Å²) in [6, 6.07) is 10.5. The predicted octanol–water partition coefficient (Wildman–Crippen LogP) is 2.95. The van der Waals surface area contributed by atoms with Crippen LogP contribution in [0.4, 0.5) is 5.69 Å². The second kappa shape index (κ2) is 8.96. The molecule has 1 aromatic heterocycles. The molecule has 3 aromatic rings. The Kier molecular flexibility index (Phi) is 6.18. The van der Waals surface area contributed by atoms with Crippen molar-refractivity contribution in [3.8, 4) is 34.4 Å². The van der Waals surface area contributed by atoms with Crippen molar-refractivity contribution >= 4 is 11.6 Å². The van der Waals surface area contributed by atoms with Crippen LogP contribution < -0.4 is 24.3 Å². The summed E-state index contributed by atoms with van der Waals surface area (Å²) in [7, 11) is 6.10. The third-order valence-electron chi connectivity index (χ3n) is 4.08. The molecule has 29 heavy (non-hydrogen) atoms. The lowest BCUT2D eigenvalue weighted by atomic mass is 10.2. The van der Waals surface area contributed by atoms with E-state index in [4.69, 9.17) is 23.5 Å². The average Bonchev–Trinajstić information content (AvgIpc) is 3.21. The molecule has 9 heteroatoms. The molecular formula is C20H21N3O6. The Morgan fingerprint density at radius 3 is 2.17 bits per heavy atom. The fourth-order valence-electron chi connectivity index (χ4n) is 2.68. The Balaban J connectivity index is 1.70. The van der Waals surface area contributed by atoms with Gasteiger partial charge < -0.3 is 28.8 Å². The van der Waals surface area contributed by atoms with E-state index < -0.39 is 0 Å². The first-order valence-electron chi connectivity index (χ1n) is 8.64. The van der Waals surface area contributed by atoms with Crippen molar-refractivity contribution in [2.24, 2.45) is 0 Å². The number of nitrogens with one attached hydrogen (secondary N) is 1. The Bertz CT molecular complexity index is 959. The highest BCUT2D eigenvalue weighted by Crippen LogP contribution is 2.39. The number of amides is 1. The molecule has 0 bridgehead atoms. The molecule has 2 aromatic carbocycles. The van der Waals surface area contributed by atoms with Crippen LogP contribution >= 0.6 is 0 Å². The van der Waals surface area contributed by atoms with Gasteiger partial charge in [-0.3, -0.25) is 4.79 Å². The second-order valence-corrected chi connectivity index (χ2v) is 5.88. The van der Waals surface area contributed by atoms with Crippen LogP contribution in [0.25, 0.3) is 11.4 Å². The minimum Gasteiger partial charge on any atom is -0.497 e. The lowest BCUT2D eigenvalue weighted by Crippen LogP contribution is -2.15. The first kappa shape index (κ1) is 20.0. The molecule has 1 heterocycles. The van der Waals surface area contributed by atoms with Gasteiger partial charge in [-0.1, -0.05) is 5.16 Å². The number of benzene rings is 2. The van der Waals surface area contributed by atoms with Gasteiger partial charge >= 0.3 is 0 Å². The molecule has 0 aliphatic carbocycles. The van der Waals surface area contributed by atoms with E-state index in [1.807, 2.05) is 12.1 Å². The molecule has 152 valence electrons. The van der Waals surface area contributed by atoms with Crippen molar-refractivity contribution in [3.05, 3.63) is 42.3 Å². The Labute approximate surface area is 167 Å². The van der Waals surface area contributed by atoms with Crippen molar-refractivity contribution in [1.29, 1.82) is 0 Å². The number of rotatable bonds is 8. The predicted molar refractivity (Wildman–Crippen MR) is 105 cm³/mol. The lowest BCUT2D eigenvalue weighted by molar-refractivity contribution is -0.115. The molecule has 1 amide bonds. The number of carbonyl (C=O) groups is 1. The minimum atomic E-state index is -0.329. The smallest absolute Gasteiger partial charge is 0.236 e. The molecule has 0 atom stereocenters. The molecule has 0 aliphatic heterocycles. The monoisotopic (exact) mass is 399 g/mol. The fraction of sp³-hybridized carbons (Fsp3) is 0.250. The highest BCUT2D eigenvalue weighted by atomic mass is 16.5. The zero-order valence-electron chi connectivity index (χ0n) is 16.5. The van der Waals surface area contributed by atoms with Crippen LogP contribution in [0.3, 0.4) is 0 Å². The summed E-state index contributed by atoms with van der Waals surface area (Å²) in [5.74, 6) is 2.29. The van der Waals surface area contributed by atoms with Crippen LogP contribution in [-0.2, 0) is 11.2 Å². The number of anilines is 1. The third kappa shape index (κ3) is 4.57. The van der Waals surface area contributed by atoms with Gasteiger partial charge in [0.05, 0.1) is 28.4 Å². The number of hydrogen-bond acceptors (Lipinski definition) is 8. The lowest BCUT2D eigenvalue weighted by Gasteiger charge is -2.14. The molecule has 0 fully saturated rings. The third-order valence-corrected chi connectivity index (χ3v) is 4.08. The van der Waals surface area contributed by atoms with Crippen LogP contribution in [0.2, 0.25) is 0 Å². The first-order valence-corrected chi connectivity index (χ1v) is 8.64. The molecule has 0 unspecified atom stereocenters. The molecule has 9 nitrogen and oxygen atoms in total. The second-order valence-electron chi connectivity index (χ2n) is 5.88. The fourth-order valence-corrected chi connectivity index (χ4v) is 2.68. The number of nitrogens with zero attached hydrogens (tertiary/aromatic N) is 2. The first-order chi connectivity index (χ1) is 14.1. The van der Waals surface area contributed by atoms with E-state index in [9.17, 15) is 4.79 Å². The Morgan fingerprint density at radius 2 is 1.62 bits per heavy atom. The standard InChI is InChI=1S/C20H21N3O6/c1-25-14-7-5-12(6-8-14)20-22-18(29-23-20)11-17(24)21-13-9-15(26-2)19(28-4)16(10-13)27-3/h5-10H,11H2,1-4H3,(H,21,24). The summed E-state index contributed by atoms with van der Waals surface area (Å²) in [6.45, 7) is 0. The molecule has 3 rings (SSSR count). The highest BCUT2D eigenvalue weighted by molar-refractivity contribution is 5.92. The number of methoxy groups -OCH3 is 4. The zero-order chi connectivity index (χ0) is 20.8. The quantitative estimate of drug-likeness (QED) is 0.616. The van der Waals surface area contributed by atoms with Crippen molar-refractivity contribution < 1.29 is 28.3 Å². The summed E-state index contributed by atoms with van der Waals surface area (Å²) < 4.78 is 26.1. The highest BCUT2D eigenvalue weighted by Gasteiger charge is 2.17. The topological polar surface area (TPSA) is 105 Å². The summed E-state index contributed by atoms with van der Waals surface area (Å²) in [4.78, 5) is 16.7. The summed E-state index contributed by atoms with van der Waals surface area (Å²) >= 11 is 0. The molecule has 0 saturated carbocycles. The summed E-state index contributed by atoms with van der Waals surface area (Å²) in [5, 5.41) is 6.67. The van der Waals surface area contributed by atoms with Crippen LogP contribution in [0, 0.1) is 0 Å². The minimum absolute atomic E-state index is 0.0835. The number of carbonyl (C=O) groups excluding carboxylic acids is 1. The normalized spacial score (nSPS) is 10.3. The molecule has 1 N–H and O–H groups in total. The van der Waals surface area contributed by atoms with Gasteiger partial charge in [-0.15, -0.1) is 0 Å². The van der Waals surface area contributed by atoms with E-state index in [1.54, 1.807) is 31.4 Å². The van der Waals surface area contributed by atoms with Crippen LogP contribution in [0.1, 0.15) is 5.89 Å². The van der Waals surface area contributed by atoms with Gasteiger partial charge in [0.15, 0.2) is 11.5 Å². The molecule has 0 radical (unpaired) electrons. The maximum atomic E-state index is 12.4. The van der Waals surface area contributed by atoms with Gasteiger partial charge in [-0.05, 0) is 24.3 Å². The largest absolute Gasteiger partial charge is 0.497 e. The van der Waals surface area contributed by atoms with Gasteiger partial charge in [0, 0.05) is 23.4 Å². The summed E-state index contributed by atoms with van der Waals surface area (Å²) in [5.41, 5.74) is 1.24. The Hall–Kier alpha value is -3.75. The van der Waals surface area contributed by atoms with Crippen molar-refractivity contribution in [3.63, 3.8) is 0 Å². The SMILES string of the molecule is COc1ccc(-c2noc(CC(=O)Nc3cc(OC)c(OC)c(OC)c3)n2)cc1. The number of aromatic nitrogens is 2. The molecule has 0 saturated heterocycles. The van der Waals surface area contributed by atoms with Crippen molar-refractivity contribution in [2.45, 2.75) is 6.42 Å². The van der Waals surface area contributed by atoms with Gasteiger partial charge in [0.1, 0.15) is 12.2 Å². The van der Waals surface area contributed by atoms with E-state index in [2.05, 4.69) is 15.5 Å². The van der Waals surface area contributed by atoms with Crippen molar-refractivity contribution in [1.82, 2.24) is 10.1 Å². The van der Waals surface area contributed by atoms with Crippen LogP contribution in [0.5, 0.6) is 23.0 Å². The maximum Gasteiger partial charge on any atom is 0.236 e. The van der Waals surface area contributed by atoms with Gasteiger partial charge in [-0.25, -0.2) is 0 Å². The van der Waals surface area contributed by atoms with Crippen LogP contribution in [-0.4, -0.2) is 44.5 Å². The van der Waals surface area contributed by atoms with Gasteiger partial charge in [0.2, 0.25) is 23.4 Å². The molecule has 0 spiro atoms. The molecule has 0 aliphatic rings. The number of hydrogen-bond donors (Lipinski definition) is 1. The molecular weight excluding hydrogens is 378 g/mol. The maximum absolute atomic E-state index is 12.4. The number of ether oxygens (including phenoxy) is 4. The van der Waals surface area contributed by atoms with E-state index in [0.717, 1.165) is 11.3 Å². The van der Waals surface area contributed by atoms with Crippen molar-refractivity contribution in [2.75, 3.05) is 33.8 Å². The Morgan fingerprint density at radius 1 is 0.966 bits per heavy atom. The van der Waals surface area contributed by atoms with E-state index in [1.165, 1.54) is 21.3 Å². The van der Waals surface area contributed by atoms with E-state index in [-0.39, 0.29) is 18.2 Å². The van der Waals surface area contributed by atoms with Crippen LogP contribution in [0.15, 0.2) is 40.9 Å². The van der Waals surface area contributed by atoms with E-state index in [0.29, 0.717) is 28.8 Å². The zero-order valence-corrected chi connectivity index (χ0v) is 16.5.